The Balaban J connectivity index is 1.47. The summed E-state index contributed by atoms with van der Waals surface area (Å²) in [5.74, 6) is -1.33. The van der Waals surface area contributed by atoms with Gasteiger partial charge >= 0.3 is 5.97 Å². The molecule has 0 aromatic heterocycles. The summed E-state index contributed by atoms with van der Waals surface area (Å²) in [5.41, 5.74) is 0.769. The maximum atomic E-state index is 12.4. The summed E-state index contributed by atoms with van der Waals surface area (Å²) < 4.78 is 5.32. The third-order valence-corrected chi connectivity index (χ3v) is 4.79. The second kappa shape index (κ2) is 7.65. The molecule has 2 fully saturated rings. The van der Waals surface area contributed by atoms with Crippen LogP contribution in [0.2, 0.25) is 0 Å². The van der Waals surface area contributed by atoms with Crippen LogP contribution in [0.3, 0.4) is 0 Å². The Morgan fingerprint density at radius 3 is 2.24 bits per heavy atom. The van der Waals surface area contributed by atoms with E-state index in [0.29, 0.717) is 38.8 Å². The molecule has 134 valence electrons. The summed E-state index contributed by atoms with van der Waals surface area (Å²) in [7, 11) is 0. The SMILES string of the molecule is O=C(Nc1ccccc1)C1CCN(C(=O)[C@@H]2CC[C@H](C(=O)O)O2)CC1. The molecule has 0 aliphatic carbocycles. The number of aliphatic carboxylic acids is 1. The van der Waals surface area contributed by atoms with Gasteiger partial charge in [0.1, 0.15) is 6.10 Å². The van der Waals surface area contributed by atoms with Crippen LogP contribution >= 0.6 is 0 Å². The molecule has 2 aliphatic heterocycles. The third kappa shape index (κ3) is 4.17. The van der Waals surface area contributed by atoms with Gasteiger partial charge in [0, 0.05) is 24.7 Å². The molecular weight excluding hydrogens is 324 g/mol. The molecule has 2 N–H and O–H groups in total. The fourth-order valence-corrected chi connectivity index (χ4v) is 3.33. The van der Waals surface area contributed by atoms with Crippen molar-refractivity contribution in [3.05, 3.63) is 30.3 Å². The van der Waals surface area contributed by atoms with Gasteiger partial charge in [-0.3, -0.25) is 9.59 Å². The standard InChI is InChI=1S/C18H22N2O5/c21-16(19-13-4-2-1-3-5-13)12-8-10-20(11-9-12)17(22)14-6-7-15(25-14)18(23)24/h1-5,12,14-15H,6-11H2,(H,19,21)(H,23,24)/t14-,15+/m0/s1. The highest BCUT2D eigenvalue weighted by Gasteiger charge is 2.38. The quantitative estimate of drug-likeness (QED) is 0.861. The van der Waals surface area contributed by atoms with Crippen molar-refractivity contribution in [2.24, 2.45) is 5.92 Å². The van der Waals surface area contributed by atoms with Gasteiger partial charge in [-0.1, -0.05) is 18.2 Å². The van der Waals surface area contributed by atoms with Crippen molar-refractivity contribution in [3.63, 3.8) is 0 Å². The van der Waals surface area contributed by atoms with Crippen molar-refractivity contribution in [2.45, 2.75) is 37.9 Å². The molecule has 0 spiro atoms. The summed E-state index contributed by atoms with van der Waals surface area (Å²) in [6, 6.07) is 9.30. The van der Waals surface area contributed by atoms with Gasteiger partial charge in [-0.05, 0) is 37.8 Å². The van der Waals surface area contributed by atoms with Gasteiger partial charge < -0.3 is 20.1 Å². The molecule has 2 atom stereocenters. The molecule has 0 radical (unpaired) electrons. The lowest BCUT2D eigenvalue weighted by Gasteiger charge is -2.32. The van der Waals surface area contributed by atoms with Crippen molar-refractivity contribution < 1.29 is 24.2 Å². The molecule has 0 saturated carbocycles. The second-order valence-corrected chi connectivity index (χ2v) is 6.48. The Labute approximate surface area is 146 Å². The van der Waals surface area contributed by atoms with E-state index in [1.165, 1.54) is 0 Å². The summed E-state index contributed by atoms with van der Waals surface area (Å²) >= 11 is 0. The summed E-state index contributed by atoms with van der Waals surface area (Å²) in [6.45, 7) is 0.979. The van der Waals surface area contributed by atoms with Crippen LogP contribution in [0, 0.1) is 5.92 Å². The molecule has 2 heterocycles. The molecular formula is C18H22N2O5. The Morgan fingerprint density at radius 1 is 1.00 bits per heavy atom. The van der Waals surface area contributed by atoms with E-state index in [0.717, 1.165) is 5.69 Å². The van der Waals surface area contributed by atoms with E-state index >= 15 is 0 Å². The molecule has 7 heteroatoms. The predicted octanol–water partition coefficient (Wildman–Crippen LogP) is 1.50. The van der Waals surface area contributed by atoms with Gasteiger partial charge in [0.25, 0.3) is 5.91 Å². The zero-order valence-corrected chi connectivity index (χ0v) is 13.9. The minimum Gasteiger partial charge on any atom is -0.479 e. The summed E-state index contributed by atoms with van der Waals surface area (Å²) in [6.07, 6.45) is 0.434. The maximum absolute atomic E-state index is 12.4. The minimum absolute atomic E-state index is 0.0265. The largest absolute Gasteiger partial charge is 0.479 e. The number of anilines is 1. The van der Waals surface area contributed by atoms with E-state index in [9.17, 15) is 14.4 Å². The van der Waals surface area contributed by atoms with Gasteiger partial charge in [0.15, 0.2) is 6.10 Å². The summed E-state index contributed by atoms with van der Waals surface area (Å²) in [5, 5.41) is 11.8. The highest BCUT2D eigenvalue weighted by Crippen LogP contribution is 2.25. The second-order valence-electron chi connectivity index (χ2n) is 6.48. The molecule has 1 aromatic carbocycles. The van der Waals surface area contributed by atoms with Crippen LogP contribution in [0.4, 0.5) is 5.69 Å². The van der Waals surface area contributed by atoms with Crippen molar-refractivity contribution in [3.8, 4) is 0 Å². The number of hydrogen-bond donors (Lipinski definition) is 2. The Hall–Kier alpha value is -2.41. The van der Waals surface area contributed by atoms with E-state index in [1.807, 2.05) is 30.3 Å². The van der Waals surface area contributed by atoms with Crippen LogP contribution < -0.4 is 5.32 Å². The molecule has 2 amide bonds. The monoisotopic (exact) mass is 346 g/mol. The zero-order valence-electron chi connectivity index (χ0n) is 13.9. The van der Waals surface area contributed by atoms with E-state index < -0.39 is 18.2 Å². The van der Waals surface area contributed by atoms with Crippen molar-refractivity contribution in [2.75, 3.05) is 18.4 Å². The molecule has 7 nitrogen and oxygen atoms in total. The number of likely N-dealkylation sites (tertiary alicyclic amines) is 1. The lowest BCUT2D eigenvalue weighted by molar-refractivity contribution is -0.155. The molecule has 2 aliphatic rings. The zero-order chi connectivity index (χ0) is 17.8. The van der Waals surface area contributed by atoms with E-state index in [-0.39, 0.29) is 17.7 Å². The van der Waals surface area contributed by atoms with Crippen LogP contribution in [-0.2, 0) is 19.1 Å². The number of nitrogens with one attached hydrogen (secondary N) is 1. The molecule has 0 bridgehead atoms. The molecule has 0 unspecified atom stereocenters. The van der Waals surface area contributed by atoms with E-state index in [1.54, 1.807) is 4.90 Å². The normalized spacial score (nSPS) is 24.1. The van der Waals surface area contributed by atoms with Gasteiger partial charge in [0.05, 0.1) is 0 Å². The fourth-order valence-electron chi connectivity index (χ4n) is 3.33. The number of carboxylic acid groups (broad SMARTS) is 1. The van der Waals surface area contributed by atoms with Crippen molar-refractivity contribution in [1.29, 1.82) is 0 Å². The van der Waals surface area contributed by atoms with Crippen LogP contribution in [0.1, 0.15) is 25.7 Å². The topological polar surface area (TPSA) is 95.9 Å². The Morgan fingerprint density at radius 2 is 1.64 bits per heavy atom. The lowest BCUT2D eigenvalue weighted by Crippen LogP contribution is -2.45. The number of hydrogen-bond acceptors (Lipinski definition) is 4. The number of carbonyl (C=O) groups is 3. The number of rotatable bonds is 4. The van der Waals surface area contributed by atoms with E-state index in [4.69, 9.17) is 9.84 Å². The number of carbonyl (C=O) groups excluding carboxylic acids is 2. The number of benzene rings is 1. The third-order valence-electron chi connectivity index (χ3n) is 4.79. The molecule has 3 rings (SSSR count). The van der Waals surface area contributed by atoms with Crippen LogP contribution in [0.15, 0.2) is 30.3 Å². The highest BCUT2D eigenvalue weighted by molar-refractivity contribution is 5.92. The number of amides is 2. The van der Waals surface area contributed by atoms with Crippen molar-refractivity contribution >= 4 is 23.5 Å². The number of ether oxygens (including phenoxy) is 1. The Kier molecular flexibility index (Phi) is 5.33. The van der Waals surface area contributed by atoms with Crippen LogP contribution in [0.5, 0.6) is 0 Å². The average Bonchev–Trinajstić information content (AvgIpc) is 3.12. The first kappa shape index (κ1) is 17.4. The van der Waals surface area contributed by atoms with Gasteiger partial charge in [0.2, 0.25) is 5.91 Å². The summed E-state index contributed by atoms with van der Waals surface area (Å²) in [4.78, 5) is 37.4. The van der Waals surface area contributed by atoms with Gasteiger partial charge in [-0.15, -0.1) is 0 Å². The smallest absolute Gasteiger partial charge is 0.332 e. The minimum atomic E-state index is -1.02. The Bertz CT molecular complexity index is 640. The van der Waals surface area contributed by atoms with Crippen molar-refractivity contribution in [1.82, 2.24) is 4.90 Å². The maximum Gasteiger partial charge on any atom is 0.332 e. The number of para-hydroxylation sites is 1. The fraction of sp³-hybridized carbons (Fsp3) is 0.500. The first-order valence-corrected chi connectivity index (χ1v) is 8.57. The number of carboxylic acids is 1. The van der Waals surface area contributed by atoms with Crippen LogP contribution in [-0.4, -0.2) is 53.1 Å². The predicted molar refractivity (Wildman–Crippen MR) is 89.9 cm³/mol. The van der Waals surface area contributed by atoms with Crippen LogP contribution in [0.25, 0.3) is 0 Å². The first-order valence-electron chi connectivity index (χ1n) is 8.57. The molecule has 1 aromatic rings. The molecule has 25 heavy (non-hydrogen) atoms. The average molecular weight is 346 g/mol. The van der Waals surface area contributed by atoms with Gasteiger partial charge in [-0.2, -0.15) is 0 Å². The van der Waals surface area contributed by atoms with Gasteiger partial charge in [-0.25, -0.2) is 4.79 Å². The van der Waals surface area contributed by atoms with E-state index in [2.05, 4.69) is 5.32 Å². The highest BCUT2D eigenvalue weighted by atomic mass is 16.5. The number of nitrogens with zero attached hydrogens (tertiary/aromatic N) is 1. The number of piperidine rings is 1. The molecule has 2 saturated heterocycles. The lowest BCUT2D eigenvalue weighted by atomic mass is 9.95. The first-order chi connectivity index (χ1) is 12.0.